The predicted molar refractivity (Wildman–Crippen MR) is 110 cm³/mol. The number of rotatable bonds is 5. The Kier molecular flexibility index (Phi) is 6.52. The van der Waals surface area contributed by atoms with E-state index in [0.717, 1.165) is 32.5 Å². The van der Waals surface area contributed by atoms with Crippen molar-refractivity contribution in [3.63, 3.8) is 0 Å². The molecule has 1 aromatic heterocycles. The van der Waals surface area contributed by atoms with Crippen molar-refractivity contribution in [3.8, 4) is 5.69 Å². The van der Waals surface area contributed by atoms with Gasteiger partial charge in [-0.25, -0.2) is 9.07 Å². The van der Waals surface area contributed by atoms with Crippen molar-refractivity contribution in [1.82, 2.24) is 20.0 Å². The summed E-state index contributed by atoms with van der Waals surface area (Å²) < 4.78 is 14.6. The zero-order valence-corrected chi connectivity index (χ0v) is 17.3. The molecule has 28 heavy (non-hydrogen) atoms. The number of nitrogens with one attached hydrogen (secondary N) is 1. The molecule has 1 amide bonds. The molecule has 0 radical (unpaired) electrons. The molecule has 0 spiro atoms. The Morgan fingerprint density at radius 2 is 1.93 bits per heavy atom. The van der Waals surface area contributed by atoms with E-state index in [4.69, 9.17) is 11.6 Å². The minimum atomic E-state index is -0.336. The van der Waals surface area contributed by atoms with Crippen molar-refractivity contribution in [2.45, 2.75) is 39.7 Å². The van der Waals surface area contributed by atoms with Crippen molar-refractivity contribution in [3.05, 3.63) is 58.1 Å². The number of nitrogens with zero attached hydrogens (tertiary/aromatic N) is 3. The van der Waals surface area contributed by atoms with Crippen molar-refractivity contribution >= 4 is 17.5 Å². The Balaban J connectivity index is 1.65. The SMILES string of the molecule is CC(C)=CCN1CCC(NC(=O)c2c(C)nn(-c3ccc(F)cc3)c2Cl)CC1. The van der Waals surface area contributed by atoms with E-state index in [1.807, 2.05) is 0 Å². The highest BCUT2D eigenvalue weighted by atomic mass is 35.5. The molecule has 150 valence electrons. The number of carbonyl (C=O) groups excluding carboxylic acids is 1. The first-order valence-corrected chi connectivity index (χ1v) is 9.90. The maximum Gasteiger partial charge on any atom is 0.256 e. The lowest BCUT2D eigenvalue weighted by Crippen LogP contribution is -2.44. The minimum Gasteiger partial charge on any atom is -0.349 e. The highest BCUT2D eigenvalue weighted by molar-refractivity contribution is 6.33. The Morgan fingerprint density at radius 1 is 1.29 bits per heavy atom. The van der Waals surface area contributed by atoms with E-state index in [0.29, 0.717) is 16.9 Å². The number of hydrogen-bond donors (Lipinski definition) is 1. The molecule has 1 N–H and O–H groups in total. The smallest absolute Gasteiger partial charge is 0.256 e. The number of amides is 1. The van der Waals surface area contributed by atoms with E-state index in [2.05, 4.69) is 35.2 Å². The molecule has 1 saturated heterocycles. The lowest BCUT2D eigenvalue weighted by atomic mass is 10.0. The molecule has 0 unspecified atom stereocenters. The standard InChI is InChI=1S/C21H26ClFN4O/c1-14(2)8-11-26-12-9-17(10-13-26)24-21(28)19-15(3)25-27(20(19)22)18-6-4-16(23)5-7-18/h4-8,17H,9-13H2,1-3H3,(H,24,28). The zero-order valence-electron chi connectivity index (χ0n) is 16.5. The van der Waals surface area contributed by atoms with Crippen LogP contribution in [0.1, 0.15) is 42.7 Å². The van der Waals surface area contributed by atoms with Crippen LogP contribution in [0.25, 0.3) is 5.69 Å². The van der Waals surface area contributed by atoms with E-state index >= 15 is 0 Å². The summed E-state index contributed by atoms with van der Waals surface area (Å²) in [5.41, 5.74) is 2.85. The molecule has 5 nitrogen and oxygen atoms in total. The molecule has 1 aliphatic heterocycles. The van der Waals surface area contributed by atoms with Crippen molar-refractivity contribution in [2.24, 2.45) is 0 Å². The van der Waals surface area contributed by atoms with Gasteiger partial charge in [0.2, 0.25) is 0 Å². The van der Waals surface area contributed by atoms with Gasteiger partial charge in [-0.05, 0) is 57.9 Å². The highest BCUT2D eigenvalue weighted by Gasteiger charge is 2.25. The van der Waals surface area contributed by atoms with Gasteiger partial charge in [0.1, 0.15) is 11.0 Å². The third-order valence-electron chi connectivity index (χ3n) is 4.98. The van der Waals surface area contributed by atoms with E-state index < -0.39 is 0 Å². The number of benzene rings is 1. The second-order valence-corrected chi connectivity index (χ2v) is 7.83. The predicted octanol–water partition coefficient (Wildman–Crippen LogP) is 4.13. The Bertz CT molecular complexity index is 863. The van der Waals surface area contributed by atoms with Crippen molar-refractivity contribution < 1.29 is 9.18 Å². The van der Waals surface area contributed by atoms with E-state index in [9.17, 15) is 9.18 Å². The first kappa shape index (κ1) is 20.6. The van der Waals surface area contributed by atoms with E-state index in [1.165, 1.54) is 22.4 Å². The van der Waals surface area contributed by atoms with Crippen LogP contribution in [-0.4, -0.2) is 46.3 Å². The minimum absolute atomic E-state index is 0.125. The second-order valence-electron chi connectivity index (χ2n) is 7.47. The Labute approximate surface area is 170 Å². The second kappa shape index (κ2) is 8.88. The van der Waals surface area contributed by atoms with Gasteiger partial charge in [-0.3, -0.25) is 9.69 Å². The molecule has 3 rings (SSSR count). The summed E-state index contributed by atoms with van der Waals surface area (Å²) in [5, 5.41) is 7.70. The quantitative estimate of drug-likeness (QED) is 0.762. The van der Waals surface area contributed by atoms with Gasteiger partial charge in [0.15, 0.2) is 0 Å². The molecule has 1 aliphatic rings. The molecule has 0 atom stereocenters. The van der Waals surface area contributed by atoms with E-state index in [1.54, 1.807) is 19.1 Å². The van der Waals surface area contributed by atoms with Crippen LogP contribution in [0, 0.1) is 12.7 Å². The molecule has 0 saturated carbocycles. The number of allylic oxidation sites excluding steroid dienone is 1. The largest absolute Gasteiger partial charge is 0.349 e. The van der Waals surface area contributed by atoms with Gasteiger partial charge >= 0.3 is 0 Å². The molecular weight excluding hydrogens is 379 g/mol. The molecular formula is C21H26ClFN4O. The maximum absolute atomic E-state index is 13.2. The van der Waals surface area contributed by atoms with Crippen LogP contribution >= 0.6 is 11.6 Å². The third kappa shape index (κ3) is 4.80. The van der Waals surface area contributed by atoms with Crippen LogP contribution in [0.15, 0.2) is 35.9 Å². The average Bonchev–Trinajstić information content (AvgIpc) is 2.96. The number of likely N-dealkylation sites (tertiary alicyclic amines) is 1. The van der Waals surface area contributed by atoms with Gasteiger partial charge in [0, 0.05) is 25.7 Å². The first-order chi connectivity index (χ1) is 13.3. The topological polar surface area (TPSA) is 50.2 Å². The van der Waals surface area contributed by atoms with Gasteiger partial charge < -0.3 is 5.32 Å². The fraction of sp³-hybridized carbons (Fsp3) is 0.429. The van der Waals surface area contributed by atoms with Crippen molar-refractivity contribution in [1.29, 1.82) is 0 Å². The normalized spacial score (nSPS) is 15.5. The van der Waals surface area contributed by atoms with E-state index in [-0.39, 0.29) is 22.9 Å². The van der Waals surface area contributed by atoms with Crippen LogP contribution < -0.4 is 5.32 Å². The van der Waals surface area contributed by atoms with Crippen LogP contribution in [0.2, 0.25) is 5.15 Å². The molecule has 1 fully saturated rings. The monoisotopic (exact) mass is 404 g/mol. The summed E-state index contributed by atoms with van der Waals surface area (Å²) in [4.78, 5) is 15.2. The maximum atomic E-state index is 13.2. The third-order valence-corrected chi connectivity index (χ3v) is 5.33. The van der Waals surface area contributed by atoms with Gasteiger partial charge in [0.05, 0.1) is 16.9 Å². The van der Waals surface area contributed by atoms with Gasteiger partial charge in [-0.15, -0.1) is 0 Å². The molecule has 0 bridgehead atoms. The summed E-state index contributed by atoms with van der Waals surface area (Å²) in [7, 11) is 0. The number of aryl methyl sites for hydroxylation is 1. The number of piperidine rings is 1. The first-order valence-electron chi connectivity index (χ1n) is 9.53. The fourth-order valence-electron chi connectivity index (χ4n) is 3.34. The highest BCUT2D eigenvalue weighted by Crippen LogP contribution is 2.24. The molecule has 7 heteroatoms. The summed E-state index contributed by atoms with van der Waals surface area (Å²) in [6.07, 6.45) is 4.04. The molecule has 1 aromatic carbocycles. The van der Waals surface area contributed by atoms with Gasteiger partial charge in [0.25, 0.3) is 5.91 Å². The Morgan fingerprint density at radius 3 is 2.54 bits per heavy atom. The number of aromatic nitrogens is 2. The summed E-state index contributed by atoms with van der Waals surface area (Å²) in [5.74, 6) is -0.545. The molecule has 0 aliphatic carbocycles. The number of halogens is 2. The summed E-state index contributed by atoms with van der Waals surface area (Å²) >= 11 is 6.44. The number of hydrogen-bond acceptors (Lipinski definition) is 3. The fourth-order valence-corrected chi connectivity index (χ4v) is 3.70. The number of carbonyl (C=O) groups is 1. The Hall–Kier alpha value is -2.18. The molecule has 2 heterocycles. The zero-order chi connectivity index (χ0) is 20.3. The lowest BCUT2D eigenvalue weighted by molar-refractivity contribution is 0.0913. The lowest BCUT2D eigenvalue weighted by Gasteiger charge is -2.31. The van der Waals surface area contributed by atoms with Crippen LogP contribution in [0.5, 0.6) is 0 Å². The summed E-state index contributed by atoms with van der Waals surface area (Å²) in [6.45, 7) is 8.82. The van der Waals surface area contributed by atoms with Crippen molar-refractivity contribution in [2.75, 3.05) is 19.6 Å². The van der Waals surface area contributed by atoms with Crippen LogP contribution in [-0.2, 0) is 0 Å². The van der Waals surface area contributed by atoms with Crippen LogP contribution in [0.4, 0.5) is 4.39 Å². The average molecular weight is 405 g/mol. The summed E-state index contributed by atoms with van der Waals surface area (Å²) in [6, 6.07) is 5.96. The van der Waals surface area contributed by atoms with Gasteiger partial charge in [-0.2, -0.15) is 5.10 Å². The molecule has 2 aromatic rings. The van der Waals surface area contributed by atoms with Crippen LogP contribution in [0.3, 0.4) is 0 Å². The van der Waals surface area contributed by atoms with Gasteiger partial charge in [-0.1, -0.05) is 23.3 Å².